The molecule has 1 atom stereocenters. The number of anilines is 3. The molecule has 184 valence electrons. The first kappa shape index (κ1) is 23.3. The number of aromatic nitrogens is 4. The zero-order chi connectivity index (χ0) is 24.5. The maximum Gasteiger partial charge on any atom is 0.228 e. The number of piperazine rings is 1. The first-order valence-corrected chi connectivity index (χ1v) is 12.6. The molecule has 0 saturated carbocycles. The fourth-order valence-corrected chi connectivity index (χ4v) is 4.66. The number of nitrogen functional groups attached to an aromatic ring is 1. The van der Waals surface area contributed by atoms with Crippen LogP contribution in [0.5, 0.6) is 0 Å². The number of nitrogens with two attached hydrogens (primary N) is 1. The third-order valence-corrected chi connectivity index (χ3v) is 6.79. The maximum absolute atomic E-state index is 14.4. The smallest absolute Gasteiger partial charge is 0.228 e. The van der Waals surface area contributed by atoms with Crippen LogP contribution in [0.15, 0.2) is 45.9 Å². The normalized spacial score (nSPS) is 15.6. The lowest BCUT2D eigenvalue weighted by molar-refractivity contribution is 0.266. The van der Waals surface area contributed by atoms with Crippen LogP contribution in [-0.4, -0.2) is 74.6 Å². The molecule has 1 aliphatic rings. The maximum atomic E-state index is 14.4. The predicted molar refractivity (Wildman–Crippen MR) is 129 cm³/mol. The van der Waals surface area contributed by atoms with Gasteiger partial charge in [0, 0.05) is 57.5 Å². The predicted octanol–water partition coefficient (Wildman–Crippen LogP) is 2.22. The molecule has 4 heterocycles. The molecule has 1 fully saturated rings. The van der Waals surface area contributed by atoms with Gasteiger partial charge in [-0.3, -0.25) is 4.90 Å². The van der Waals surface area contributed by atoms with Gasteiger partial charge in [-0.05, 0) is 23.3 Å². The number of fused-ring (bicyclic) bond motifs is 1. The minimum Gasteiger partial charge on any atom is -0.612 e. The van der Waals surface area contributed by atoms with Gasteiger partial charge in [-0.1, -0.05) is 0 Å². The SMILES string of the molecule is C[S@@+]([O-])c1cc(N2CCN(CCNc3nc(N)n4nc(-c5ccco5)cc4n3)CC2)c(F)cc1F. The minimum atomic E-state index is -1.53. The Hall–Kier alpha value is -3.42. The highest BCUT2D eigenvalue weighted by Crippen LogP contribution is 2.27. The molecular formula is C22H24F2N8O2S. The first-order valence-electron chi connectivity index (χ1n) is 11.0. The standard InChI is InChI=1S/C22H24F2N8O2S/c1-35(33)19-13-17(14(23)11-15(19)24)31-8-6-30(7-9-31)5-4-26-22-27-20-12-16(18-3-2-10-34-18)29-32(20)21(25)28-22/h2-3,10-13H,4-9H2,1H3,(H3,25,26,27,28)/t35-/m1/s1. The van der Waals surface area contributed by atoms with Crippen molar-refractivity contribution in [1.82, 2.24) is 24.5 Å². The van der Waals surface area contributed by atoms with E-state index in [1.165, 1.54) is 16.8 Å². The molecule has 0 unspecified atom stereocenters. The van der Waals surface area contributed by atoms with E-state index in [4.69, 9.17) is 10.2 Å². The average molecular weight is 503 g/mol. The van der Waals surface area contributed by atoms with Crippen LogP contribution in [0.1, 0.15) is 0 Å². The molecule has 0 spiro atoms. The molecule has 13 heteroatoms. The van der Waals surface area contributed by atoms with E-state index in [1.54, 1.807) is 24.5 Å². The summed E-state index contributed by atoms with van der Waals surface area (Å²) in [5, 5.41) is 7.57. The van der Waals surface area contributed by atoms with E-state index in [2.05, 4.69) is 25.3 Å². The minimum absolute atomic E-state index is 0.0127. The van der Waals surface area contributed by atoms with Gasteiger partial charge < -0.3 is 24.9 Å². The summed E-state index contributed by atoms with van der Waals surface area (Å²) < 4.78 is 46.8. The van der Waals surface area contributed by atoms with Gasteiger partial charge in [0.25, 0.3) is 0 Å². The molecule has 35 heavy (non-hydrogen) atoms. The lowest BCUT2D eigenvalue weighted by atomic mass is 10.2. The van der Waals surface area contributed by atoms with Gasteiger partial charge in [-0.15, -0.1) is 0 Å². The number of hydrogen-bond donors (Lipinski definition) is 2. The summed E-state index contributed by atoms with van der Waals surface area (Å²) in [5.41, 5.74) is 7.49. The van der Waals surface area contributed by atoms with Crippen molar-refractivity contribution < 1.29 is 17.8 Å². The summed E-state index contributed by atoms with van der Waals surface area (Å²) in [7, 11) is 0. The van der Waals surface area contributed by atoms with Crippen molar-refractivity contribution in [3.05, 3.63) is 48.2 Å². The van der Waals surface area contributed by atoms with Gasteiger partial charge in [0.05, 0.1) is 12.0 Å². The highest BCUT2D eigenvalue weighted by molar-refractivity contribution is 7.90. The lowest BCUT2D eigenvalue weighted by Crippen LogP contribution is -2.48. The van der Waals surface area contributed by atoms with E-state index in [-0.39, 0.29) is 16.5 Å². The summed E-state index contributed by atoms with van der Waals surface area (Å²) in [6.45, 7) is 3.83. The van der Waals surface area contributed by atoms with E-state index < -0.39 is 22.8 Å². The fourth-order valence-electron chi connectivity index (χ4n) is 4.05. The summed E-state index contributed by atoms with van der Waals surface area (Å²) in [5.74, 6) is -0.216. The topological polar surface area (TPSA) is 124 Å². The molecule has 5 rings (SSSR count). The zero-order valence-corrected chi connectivity index (χ0v) is 19.8. The fraction of sp³-hybridized carbons (Fsp3) is 0.318. The van der Waals surface area contributed by atoms with Gasteiger partial charge in [0.15, 0.2) is 22.1 Å². The molecular weight excluding hydrogens is 478 g/mol. The largest absolute Gasteiger partial charge is 0.612 e. The third-order valence-electron chi connectivity index (χ3n) is 5.86. The summed E-state index contributed by atoms with van der Waals surface area (Å²) >= 11 is -1.53. The van der Waals surface area contributed by atoms with Crippen LogP contribution in [0.3, 0.4) is 0 Å². The second kappa shape index (κ2) is 9.68. The van der Waals surface area contributed by atoms with Crippen LogP contribution in [0, 0.1) is 11.6 Å². The van der Waals surface area contributed by atoms with Gasteiger partial charge in [0.1, 0.15) is 17.8 Å². The van der Waals surface area contributed by atoms with Gasteiger partial charge in [-0.25, -0.2) is 8.78 Å². The van der Waals surface area contributed by atoms with Crippen LogP contribution in [0.25, 0.3) is 17.1 Å². The van der Waals surface area contributed by atoms with Crippen molar-refractivity contribution >= 4 is 34.4 Å². The molecule has 10 nitrogen and oxygen atoms in total. The molecule has 4 aromatic rings. The molecule has 0 radical (unpaired) electrons. The molecule has 3 aromatic heterocycles. The van der Waals surface area contributed by atoms with E-state index in [9.17, 15) is 13.3 Å². The van der Waals surface area contributed by atoms with Crippen molar-refractivity contribution in [2.75, 3.05) is 61.5 Å². The molecule has 0 amide bonds. The van der Waals surface area contributed by atoms with Crippen molar-refractivity contribution in [3.8, 4) is 11.5 Å². The van der Waals surface area contributed by atoms with Crippen LogP contribution in [0.4, 0.5) is 26.4 Å². The number of furan rings is 1. The van der Waals surface area contributed by atoms with Gasteiger partial charge in [-0.2, -0.15) is 19.6 Å². The van der Waals surface area contributed by atoms with Crippen molar-refractivity contribution in [2.24, 2.45) is 0 Å². The Kier molecular flexibility index (Phi) is 6.45. The van der Waals surface area contributed by atoms with Crippen molar-refractivity contribution in [1.29, 1.82) is 0 Å². The Morgan fingerprint density at radius 1 is 1.14 bits per heavy atom. The Labute approximate surface area is 202 Å². The Morgan fingerprint density at radius 3 is 2.66 bits per heavy atom. The third kappa shape index (κ3) is 4.88. The zero-order valence-electron chi connectivity index (χ0n) is 18.9. The Bertz CT molecular complexity index is 1320. The highest BCUT2D eigenvalue weighted by Gasteiger charge is 2.24. The van der Waals surface area contributed by atoms with Gasteiger partial charge in [0.2, 0.25) is 11.9 Å². The quantitative estimate of drug-likeness (QED) is 0.366. The molecule has 3 N–H and O–H groups in total. The monoisotopic (exact) mass is 502 g/mol. The summed E-state index contributed by atoms with van der Waals surface area (Å²) in [4.78, 5) is 12.8. The molecule has 1 aromatic carbocycles. The number of hydrogen-bond acceptors (Lipinski definition) is 9. The van der Waals surface area contributed by atoms with Crippen LogP contribution < -0.4 is 16.0 Å². The Balaban J connectivity index is 1.17. The lowest BCUT2D eigenvalue weighted by Gasteiger charge is -2.36. The number of halogens is 2. The van der Waals surface area contributed by atoms with E-state index in [0.29, 0.717) is 55.8 Å². The van der Waals surface area contributed by atoms with Gasteiger partial charge >= 0.3 is 0 Å². The average Bonchev–Trinajstić information content (AvgIpc) is 3.50. The second-order valence-corrected chi connectivity index (χ2v) is 9.47. The first-order chi connectivity index (χ1) is 16.9. The van der Waals surface area contributed by atoms with Crippen molar-refractivity contribution in [2.45, 2.75) is 4.90 Å². The van der Waals surface area contributed by atoms with E-state index >= 15 is 0 Å². The van der Waals surface area contributed by atoms with E-state index in [1.807, 2.05) is 4.90 Å². The van der Waals surface area contributed by atoms with Crippen molar-refractivity contribution in [3.63, 3.8) is 0 Å². The summed E-state index contributed by atoms with van der Waals surface area (Å²) in [6.07, 6.45) is 2.95. The summed E-state index contributed by atoms with van der Waals surface area (Å²) in [6, 6.07) is 7.52. The highest BCUT2D eigenvalue weighted by atomic mass is 32.2. The molecule has 1 aliphatic heterocycles. The number of benzene rings is 1. The molecule has 1 saturated heterocycles. The molecule has 0 aliphatic carbocycles. The number of nitrogens with zero attached hydrogens (tertiary/aromatic N) is 6. The molecule has 0 bridgehead atoms. The number of rotatable bonds is 7. The van der Waals surface area contributed by atoms with Crippen LogP contribution >= 0.6 is 0 Å². The van der Waals surface area contributed by atoms with Crippen LogP contribution in [-0.2, 0) is 11.2 Å². The van der Waals surface area contributed by atoms with E-state index in [0.717, 1.165) is 12.6 Å². The van der Waals surface area contributed by atoms with Crippen LogP contribution in [0.2, 0.25) is 0 Å². The Morgan fingerprint density at radius 2 is 1.94 bits per heavy atom. The number of nitrogens with one attached hydrogen (secondary N) is 1. The second-order valence-electron chi connectivity index (χ2n) is 8.13.